The third kappa shape index (κ3) is 11.8. The monoisotopic (exact) mass is 598 g/mol. The summed E-state index contributed by atoms with van der Waals surface area (Å²) in [6.45, 7) is 38.2. The molecule has 4 nitrogen and oxygen atoms in total. The topological polar surface area (TPSA) is 58.9 Å². The average molecular weight is 599 g/mol. The number of aliphatic hydroxyl groups excluding tert-OH is 2. The van der Waals surface area contributed by atoms with Crippen molar-refractivity contribution in [2.24, 2.45) is 29.6 Å². The van der Waals surface area contributed by atoms with E-state index >= 15 is 0 Å². The Hall–Kier alpha value is -0.246. The van der Waals surface area contributed by atoms with Crippen LogP contribution in [0, 0.1) is 29.6 Å². The van der Waals surface area contributed by atoms with Crippen molar-refractivity contribution in [3.8, 4) is 0 Å². The number of hydrogen-bond donors (Lipinski definition) is 2. The second-order valence-electron chi connectivity index (χ2n) is 15.9. The Morgan fingerprint density at radius 1 is 0.775 bits per heavy atom. The van der Waals surface area contributed by atoms with Crippen molar-refractivity contribution in [3.63, 3.8) is 0 Å². The lowest BCUT2D eigenvalue weighted by Gasteiger charge is -2.44. The molecule has 2 unspecified atom stereocenters. The van der Waals surface area contributed by atoms with Gasteiger partial charge in [0.15, 0.2) is 16.6 Å². The summed E-state index contributed by atoms with van der Waals surface area (Å²) < 4.78 is 14.0. The van der Waals surface area contributed by atoms with Gasteiger partial charge in [-0.25, -0.2) is 0 Å². The third-order valence-electron chi connectivity index (χ3n) is 9.86. The van der Waals surface area contributed by atoms with Crippen LogP contribution in [0.25, 0.3) is 0 Å². The molecule has 0 radical (unpaired) electrons. The van der Waals surface area contributed by atoms with Crippen molar-refractivity contribution in [3.05, 3.63) is 23.8 Å². The Morgan fingerprint density at radius 3 is 1.62 bits per heavy atom. The summed E-state index contributed by atoms with van der Waals surface area (Å²) in [7, 11) is -4.05. The zero-order valence-corrected chi connectivity index (χ0v) is 31.7. The summed E-state index contributed by atoms with van der Waals surface area (Å²) in [6, 6.07) is 0. The molecule has 0 spiro atoms. The van der Waals surface area contributed by atoms with Crippen LogP contribution in [0.2, 0.25) is 36.3 Å². The Labute approximate surface area is 252 Å². The lowest BCUT2D eigenvalue weighted by atomic mass is 9.81. The highest BCUT2D eigenvalue weighted by Crippen LogP contribution is 2.42. The second-order valence-corrected chi connectivity index (χ2v) is 25.5. The second kappa shape index (κ2) is 16.0. The molecule has 0 aliphatic rings. The Bertz CT molecular complexity index is 791. The number of rotatable bonds is 16. The van der Waals surface area contributed by atoms with Gasteiger partial charge < -0.3 is 19.1 Å². The molecule has 0 aromatic rings. The molecule has 0 saturated carbocycles. The minimum atomic E-state index is -2.06. The molecule has 0 bridgehead atoms. The third-order valence-corrected chi connectivity index (χ3v) is 18.8. The summed E-state index contributed by atoms with van der Waals surface area (Å²) in [6.07, 6.45) is 8.01. The maximum atomic E-state index is 11.4. The van der Waals surface area contributed by atoms with E-state index in [0.29, 0.717) is 0 Å². The van der Waals surface area contributed by atoms with E-state index in [4.69, 9.17) is 8.85 Å². The van der Waals surface area contributed by atoms with Crippen molar-refractivity contribution >= 4 is 16.6 Å². The zero-order chi connectivity index (χ0) is 31.9. The highest BCUT2D eigenvalue weighted by atomic mass is 28.4. The van der Waals surface area contributed by atoms with Crippen molar-refractivity contribution in [2.75, 3.05) is 6.61 Å². The van der Waals surface area contributed by atoms with Gasteiger partial charge in [0.05, 0.1) is 18.3 Å². The van der Waals surface area contributed by atoms with Gasteiger partial charge in [0.1, 0.15) is 0 Å². The fraction of sp³-hybridized carbons (Fsp3) is 0.882. The van der Waals surface area contributed by atoms with Crippen LogP contribution in [0.5, 0.6) is 0 Å². The summed E-state index contributed by atoms with van der Waals surface area (Å²) >= 11 is 0. The molecule has 0 saturated heterocycles. The van der Waals surface area contributed by atoms with Gasteiger partial charge >= 0.3 is 0 Å². The number of aliphatic hydroxyl groups is 2. The van der Waals surface area contributed by atoms with E-state index in [0.717, 1.165) is 12.8 Å². The Kier molecular flexibility index (Phi) is 15.9. The van der Waals surface area contributed by atoms with E-state index in [9.17, 15) is 10.2 Å². The number of hydrogen-bond acceptors (Lipinski definition) is 4. The maximum absolute atomic E-state index is 11.4. The molecule has 8 atom stereocenters. The first-order valence-corrected chi connectivity index (χ1v) is 21.7. The van der Waals surface area contributed by atoms with Crippen LogP contribution in [-0.4, -0.2) is 51.8 Å². The first kappa shape index (κ1) is 39.8. The van der Waals surface area contributed by atoms with E-state index in [2.05, 4.69) is 134 Å². The predicted molar refractivity (Wildman–Crippen MR) is 181 cm³/mol. The Balaban J connectivity index is 6.15. The highest BCUT2D eigenvalue weighted by molar-refractivity contribution is 6.74. The molecule has 0 aromatic heterocycles. The molecule has 238 valence electrons. The lowest BCUT2D eigenvalue weighted by molar-refractivity contribution is -0.0134. The average Bonchev–Trinajstić information content (AvgIpc) is 2.81. The lowest BCUT2D eigenvalue weighted by Crippen LogP contribution is -2.49. The summed E-state index contributed by atoms with van der Waals surface area (Å²) in [5.74, 6) is 0.589. The summed E-state index contributed by atoms with van der Waals surface area (Å²) in [5, 5.41) is 21.7. The van der Waals surface area contributed by atoms with Crippen LogP contribution < -0.4 is 0 Å². The van der Waals surface area contributed by atoms with E-state index in [-0.39, 0.29) is 58.5 Å². The molecular formula is C34H70O4Si2. The SMILES string of the molecule is CC/C=C\C(C)[C@H](O)[C@@H](C)[C@H](O[Si](C)(C)C(C)(C)C)[C@@H](C)C/C(C)=C\[C@H](C)[C@@H](O[Si](C)(C)C(C)(C)C)C(C)CO. The number of allylic oxidation sites excluding steroid dienone is 2. The maximum Gasteiger partial charge on any atom is 0.192 e. The van der Waals surface area contributed by atoms with Gasteiger partial charge in [-0.3, -0.25) is 0 Å². The molecule has 2 N–H and O–H groups in total. The summed E-state index contributed by atoms with van der Waals surface area (Å²) in [5.41, 5.74) is 1.32. The molecule has 40 heavy (non-hydrogen) atoms. The van der Waals surface area contributed by atoms with Gasteiger partial charge in [0, 0.05) is 24.4 Å². The predicted octanol–water partition coefficient (Wildman–Crippen LogP) is 9.60. The first-order chi connectivity index (χ1) is 17.9. The van der Waals surface area contributed by atoms with E-state index in [1.165, 1.54) is 5.57 Å². The van der Waals surface area contributed by atoms with Gasteiger partial charge in [-0.2, -0.15) is 0 Å². The summed E-state index contributed by atoms with van der Waals surface area (Å²) in [4.78, 5) is 0. The largest absolute Gasteiger partial charge is 0.413 e. The van der Waals surface area contributed by atoms with Gasteiger partial charge in [0.2, 0.25) is 0 Å². The quantitative estimate of drug-likeness (QED) is 0.137. The van der Waals surface area contributed by atoms with Crippen molar-refractivity contribution in [2.45, 2.75) is 157 Å². The highest BCUT2D eigenvalue weighted by Gasteiger charge is 2.43. The molecule has 6 heteroatoms. The van der Waals surface area contributed by atoms with Crippen LogP contribution in [-0.2, 0) is 8.85 Å². The fourth-order valence-corrected chi connectivity index (χ4v) is 7.96. The minimum Gasteiger partial charge on any atom is -0.413 e. The van der Waals surface area contributed by atoms with Gasteiger partial charge in [-0.15, -0.1) is 0 Å². The molecule has 0 rings (SSSR count). The van der Waals surface area contributed by atoms with Crippen LogP contribution in [0.15, 0.2) is 23.8 Å². The van der Waals surface area contributed by atoms with Crippen LogP contribution >= 0.6 is 0 Å². The Morgan fingerprint density at radius 2 is 1.23 bits per heavy atom. The van der Waals surface area contributed by atoms with E-state index in [1.807, 2.05) is 0 Å². The molecule has 0 heterocycles. The molecule has 0 aliphatic heterocycles. The van der Waals surface area contributed by atoms with E-state index < -0.39 is 22.7 Å². The molecular weight excluding hydrogens is 529 g/mol. The van der Waals surface area contributed by atoms with Crippen LogP contribution in [0.4, 0.5) is 0 Å². The van der Waals surface area contributed by atoms with Crippen LogP contribution in [0.1, 0.15) is 103 Å². The fourth-order valence-electron chi connectivity index (χ4n) is 4.99. The van der Waals surface area contributed by atoms with Gasteiger partial charge in [-0.05, 0) is 67.9 Å². The van der Waals surface area contributed by atoms with E-state index in [1.54, 1.807) is 0 Å². The standard InChI is InChI=1S/C34H70O4Si2/c1-18-19-20-25(3)30(36)29(7)32(38-40(16,17)34(11,12)13)27(5)22-24(2)21-26(4)31(28(6)23-35)37-39(14,15)33(8,9)10/h19-21,25-32,35-36H,18,22-23H2,1-17H3/b20-19-,24-21-/t25?,26-,27-,28?,29+,30-,31+,32+/m0/s1. The van der Waals surface area contributed by atoms with Gasteiger partial charge in [-0.1, -0.05) is 107 Å². The molecule has 0 fully saturated rings. The normalized spacial score (nSPS) is 20.6. The molecule has 0 amide bonds. The molecule has 0 aliphatic carbocycles. The smallest absolute Gasteiger partial charge is 0.192 e. The molecule has 0 aromatic carbocycles. The van der Waals surface area contributed by atoms with Crippen LogP contribution in [0.3, 0.4) is 0 Å². The van der Waals surface area contributed by atoms with Gasteiger partial charge in [0.25, 0.3) is 0 Å². The van der Waals surface area contributed by atoms with Crippen molar-refractivity contribution < 1.29 is 19.1 Å². The zero-order valence-electron chi connectivity index (χ0n) is 29.7. The van der Waals surface area contributed by atoms with Crippen molar-refractivity contribution in [1.29, 1.82) is 0 Å². The minimum absolute atomic E-state index is 0.00920. The first-order valence-electron chi connectivity index (χ1n) is 15.9. The van der Waals surface area contributed by atoms with Crippen molar-refractivity contribution in [1.82, 2.24) is 0 Å².